The van der Waals surface area contributed by atoms with Gasteiger partial charge in [-0.15, -0.1) is 0 Å². The van der Waals surface area contributed by atoms with E-state index in [4.69, 9.17) is 0 Å². The molecule has 18 heavy (non-hydrogen) atoms. The van der Waals surface area contributed by atoms with E-state index in [0.29, 0.717) is 30.7 Å². The lowest BCUT2D eigenvalue weighted by molar-refractivity contribution is -0.384. The van der Waals surface area contributed by atoms with E-state index in [9.17, 15) is 15.2 Å². The molecule has 1 aromatic carbocycles. The molecule has 1 fully saturated rings. The van der Waals surface area contributed by atoms with E-state index in [0.717, 1.165) is 5.39 Å². The lowest BCUT2D eigenvalue weighted by atomic mass is 10.2. The Morgan fingerprint density at radius 2 is 2.39 bits per heavy atom. The molecule has 0 saturated carbocycles. The Morgan fingerprint density at radius 3 is 3.06 bits per heavy atom. The largest absolute Gasteiger partial charge is 0.391 e. The zero-order chi connectivity index (χ0) is 12.7. The topological polar surface area (TPSA) is 95.3 Å². The number of anilines is 1. The number of fused-ring (bicyclic) bond motifs is 1. The average molecular weight is 248 g/mol. The summed E-state index contributed by atoms with van der Waals surface area (Å²) in [5.41, 5.74) is 1.23. The fourth-order valence-electron chi connectivity index (χ4n) is 2.33. The van der Waals surface area contributed by atoms with E-state index in [1.54, 1.807) is 12.3 Å². The van der Waals surface area contributed by atoms with Gasteiger partial charge < -0.3 is 10.0 Å². The highest BCUT2D eigenvalue weighted by molar-refractivity contribution is 5.87. The van der Waals surface area contributed by atoms with E-state index in [-0.39, 0.29) is 5.69 Å². The Labute approximate surface area is 102 Å². The van der Waals surface area contributed by atoms with Crippen LogP contribution in [0.4, 0.5) is 11.4 Å². The molecule has 0 aliphatic carbocycles. The third-order valence-electron chi connectivity index (χ3n) is 3.24. The molecule has 1 aliphatic heterocycles. The van der Waals surface area contributed by atoms with Crippen LogP contribution in [0.25, 0.3) is 10.9 Å². The standard InChI is InChI=1S/C11H12N4O3/c16-8-1-2-14(6-8)10-3-7-5-12-13-9(7)4-11(10)15(17)18/h3-5,8,16H,1-2,6H2,(H,12,13). The lowest BCUT2D eigenvalue weighted by Gasteiger charge is -2.17. The van der Waals surface area contributed by atoms with Gasteiger partial charge in [-0.2, -0.15) is 5.10 Å². The number of aromatic nitrogens is 2. The van der Waals surface area contributed by atoms with E-state index >= 15 is 0 Å². The van der Waals surface area contributed by atoms with E-state index in [1.807, 2.05) is 4.90 Å². The van der Waals surface area contributed by atoms with Gasteiger partial charge in [-0.05, 0) is 12.5 Å². The minimum Gasteiger partial charge on any atom is -0.391 e. The van der Waals surface area contributed by atoms with Crippen LogP contribution in [0, 0.1) is 10.1 Å². The van der Waals surface area contributed by atoms with Crippen LogP contribution in [-0.4, -0.2) is 39.4 Å². The number of hydrogen-bond acceptors (Lipinski definition) is 5. The Bertz CT molecular complexity index is 609. The molecule has 94 valence electrons. The molecular formula is C11H12N4O3. The van der Waals surface area contributed by atoms with Gasteiger partial charge in [0.1, 0.15) is 5.69 Å². The van der Waals surface area contributed by atoms with Crippen molar-refractivity contribution in [2.45, 2.75) is 12.5 Å². The molecule has 0 amide bonds. The van der Waals surface area contributed by atoms with Crippen molar-refractivity contribution in [1.82, 2.24) is 10.2 Å². The van der Waals surface area contributed by atoms with Crippen LogP contribution in [0.15, 0.2) is 18.3 Å². The van der Waals surface area contributed by atoms with Crippen LogP contribution in [0.3, 0.4) is 0 Å². The maximum absolute atomic E-state index is 11.1. The number of benzene rings is 1. The number of nitro benzene ring substituents is 1. The predicted molar refractivity (Wildman–Crippen MR) is 65.6 cm³/mol. The molecule has 1 saturated heterocycles. The molecule has 1 unspecified atom stereocenters. The fraction of sp³-hybridized carbons (Fsp3) is 0.364. The van der Waals surface area contributed by atoms with Crippen LogP contribution in [0.2, 0.25) is 0 Å². The molecule has 0 spiro atoms. The van der Waals surface area contributed by atoms with Gasteiger partial charge in [0.2, 0.25) is 0 Å². The molecule has 7 nitrogen and oxygen atoms in total. The zero-order valence-electron chi connectivity index (χ0n) is 9.54. The summed E-state index contributed by atoms with van der Waals surface area (Å²) in [5.74, 6) is 0. The monoisotopic (exact) mass is 248 g/mol. The summed E-state index contributed by atoms with van der Waals surface area (Å²) in [7, 11) is 0. The first-order valence-corrected chi connectivity index (χ1v) is 5.69. The number of hydrogen-bond donors (Lipinski definition) is 2. The zero-order valence-corrected chi connectivity index (χ0v) is 9.54. The highest BCUT2D eigenvalue weighted by atomic mass is 16.6. The number of nitrogens with zero attached hydrogens (tertiary/aromatic N) is 3. The smallest absolute Gasteiger partial charge is 0.294 e. The van der Waals surface area contributed by atoms with Gasteiger partial charge in [-0.3, -0.25) is 15.2 Å². The van der Waals surface area contributed by atoms with Gasteiger partial charge in [0.25, 0.3) is 5.69 Å². The maximum atomic E-state index is 11.1. The molecule has 7 heteroatoms. The minimum atomic E-state index is -0.412. The third kappa shape index (κ3) is 1.68. The van der Waals surface area contributed by atoms with Crippen molar-refractivity contribution in [3.8, 4) is 0 Å². The molecule has 1 aliphatic rings. The Balaban J connectivity index is 2.12. The van der Waals surface area contributed by atoms with Crippen LogP contribution in [-0.2, 0) is 0 Å². The van der Waals surface area contributed by atoms with Gasteiger partial charge in [0.15, 0.2) is 0 Å². The summed E-state index contributed by atoms with van der Waals surface area (Å²) in [6.07, 6.45) is 1.86. The number of H-pyrrole nitrogens is 1. The van der Waals surface area contributed by atoms with E-state index in [2.05, 4.69) is 10.2 Å². The third-order valence-corrected chi connectivity index (χ3v) is 3.24. The first-order valence-electron chi connectivity index (χ1n) is 5.69. The van der Waals surface area contributed by atoms with Crippen molar-refractivity contribution >= 4 is 22.3 Å². The lowest BCUT2D eigenvalue weighted by Crippen LogP contribution is -2.22. The SMILES string of the molecule is O=[N+]([O-])c1cc2[nH]ncc2cc1N1CCC(O)C1. The number of aromatic amines is 1. The molecular weight excluding hydrogens is 236 g/mol. The Hall–Kier alpha value is -2.15. The number of nitro groups is 1. The van der Waals surface area contributed by atoms with Crippen LogP contribution in [0.1, 0.15) is 6.42 Å². The van der Waals surface area contributed by atoms with Gasteiger partial charge >= 0.3 is 0 Å². The normalized spacial score (nSPS) is 19.6. The number of β-amino-alcohol motifs (C(OH)–C–C–N with tert-alkyl or cyclic N) is 1. The van der Waals surface area contributed by atoms with E-state index in [1.165, 1.54) is 6.07 Å². The summed E-state index contributed by atoms with van der Waals surface area (Å²) in [4.78, 5) is 12.5. The molecule has 0 bridgehead atoms. The Kier molecular flexibility index (Phi) is 2.41. The number of nitrogens with one attached hydrogen (secondary N) is 1. The second kappa shape index (κ2) is 3.95. The van der Waals surface area contributed by atoms with Crippen molar-refractivity contribution in [3.63, 3.8) is 0 Å². The first kappa shape index (κ1) is 11.0. The van der Waals surface area contributed by atoms with Crippen LogP contribution in [0.5, 0.6) is 0 Å². The van der Waals surface area contributed by atoms with Gasteiger partial charge in [0, 0.05) is 24.5 Å². The average Bonchev–Trinajstić information content (AvgIpc) is 2.94. The second-order valence-corrected chi connectivity index (χ2v) is 4.44. The highest BCUT2D eigenvalue weighted by Crippen LogP contribution is 2.34. The van der Waals surface area contributed by atoms with Crippen molar-refractivity contribution in [3.05, 3.63) is 28.4 Å². The quantitative estimate of drug-likeness (QED) is 0.611. The summed E-state index contributed by atoms with van der Waals surface area (Å²) in [6.45, 7) is 1.07. The highest BCUT2D eigenvalue weighted by Gasteiger charge is 2.27. The molecule has 2 N–H and O–H groups in total. The van der Waals surface area contributed by atoms with Gasteiger partial charge in [0.05, 0.1) is 22.7 Å². The van der Waals surface area contributed by atoms with Gasteiger partial charge in [-0.1, -0.05) is 0 Å². The van der Waals surface area contributed by atoms with Crippen molar-refractivity contribution in [2.75, 3.05) is 18.0 Å². The first-order chi connectivity index (χ1) is 8.65. The summed E-state index contributed by atoms with van der Waals surface area (Å²) < 4.78 is 0. The number of aliphatic hydroxyl groups is 1. The van der Waals surface area contributed by atoms with Crippen molar-refractivity contribution < 1.29 is 10.0 Å². The molecule has 1 aromatic heterocycles. The molecule has 0 radical (unpaired) electrons. The van der Waals surface area contributed by atoms with Crippen LogP contribution < -0.4 is 4.90 Å². The molecule has 2 aromatic rings. The van der Waals surface area contributed by atoms with Gasteiger partial charge in [-0.25, -0.2) is 0 Å². The fourth-order valence-corrected chi connectivity index (χ4v) is 2.33. The number of aliphatic hydroxyl groups excluding tert-OH is 1. The number of rotatable bonds is 2. The summed E-state index contributed by atoms with van der Waals surface area (Å²) >= 11 is 0. The van der Waals surface area contributed by atoms with E-state index < -0.39 is 11.0 Å². The maximum Gasteiger partial charge on any atom is 0.294 e. The molecule has 1 atom stereocenters. The molecule has 2 heterocycles. The molecule has 3 rings (SSSR count). The van der Waals surface area contributed by atoms with Crippen molar-refractivity contribution in [2.24, 2.45) is 0 Å². The second-order valence-electron chi connectivity index (χ2n) is 4.44. The van der Waals surface area contributed by atoms with Crippen molar-refractivity contribution in [1.29, 1.82) is 0 Å². The summed E-state index contributed by atoms with van der Waals surface area (Å²) in [6, 6.07) is 3.23. The van der Waals surface area contributed by atoms with Crippen LogP contribution >= 0.6 is 0 Å². The summed E-state index contributed by atoms with van der Waals surface area (Å²) in [5, 5.41) is 28.1. The Morgan fingerprint density at radius 1 is 1.56 bits per heavy atom. The minimum absolute atomic E-state index is 0.0425. The predicted octanol–water partition coefficient (Wildman–Crippen LogP) is 1.04.